The van der Waals surface area contributed by atoms with E-state index in [9.17, 15) is 9.18 Å². The van der Waals surface area contributed by atoms with Crippen molar-refractivity contribution in [2.24, 2.45) is 5.41 Å². The molecule has 7 heteroatoms. The molecule has 0 radical (unpaired) electrons. The summed E-state index contributed by atoms with van der Waals surface area (Å²) in [6.07, 6.45) is 2.33. The number of nitrogens with one attached hydrogen (secondary N) is 2. The molecule has 2 fully saturated rings. The van der Waals surface area contributed by atoms with Crippen molar-refractivity contribution >= 4 is 35.6 Å². The van der Waals surface area contributed by atoms with Gasteiger partial charge in [0, 0.05) is 13.1 Å². The Labute approximate surface area is 140 Å². The minimum Gasteiger partial charge on any atom is -0.324 e. The van der Waals surface area contributed by atoms with Gasteiger partial charge in [-0.3, -0.25) is 9.69 Å². The number of likely N-dealkylation sites (tertiary alicyclic amines) is 1. The standard InChI is InChI=1S/C15H19ClFN3O.ClH/c16-12-7-11(17)1-2-13(12)19-14(21)8-20-6-4-15(10-20)3-5-18-9-15;/h1-2,7,18H,3-6,8-10H2,(H,19,21);1H. The van der Waals surface area contributed by atoms with Crippen LogP contribution in [0.4, 0.5) is 10.1 Å². The fraction of sp³-hybridized carbons (Fsp3) is 0.533. The Morgan fingerprint density at radius 3 is 2.95 bits per heavy atom. The number of hydrogen-bond donors (Lipinski definition) is 2. The van der Waals surface area contributed by atoms with Crippen molar-refractivity contribution in [3.8, 4) is 0 Å². The average molecular weight is 348 g/mol. The largest absolute Gasteiger partial charge is 0.324 e. The van der Waals surface area contributed by atoms with Crippen LogP contribution in [0, 0.1) is 11.2 Å². The first-order chi connectivity index (χ1) is 10.1. The summed E-state index contributed by atoms with van der Waals surface area (Å²) in [4.78, 5) is 14.3. The minimum atomic E-state index is -0.409. The predicted octanol–water partition coefficient (Wildman–Crippen LogP) is 2.52. The van der Waals surface area contributed by atoms with Crippen molar-refractivity contribution in [2.45, 2.75) is 12.8 Å². The smallest absolute Gasteiger partial charge is 0.238 e. The molecule has 2 aliphatic rings. The van der Waals surface area contributed by atoms with Crippen molar-refractivity contribution in [3.05, 3.63) is 29.0 Å². The summed E-state index contributed by atoms with van der Waals surface area (Å²) in [6, 6.07) is 3.98. The van der Waals surface area contributed by atoms with Gasteiger partial charge in [-0.2, -0.15) is 0 Å². The zero-order valence-corrected chi connectivity index (χ0v) is 13.8. The van der Waals surface area contributed by atoms with Gasteiger partial charge in [0.25, 0.3) is 0 Å². The van der Waals surface area contributed by atoms with E-state index >= 15 is 0 Å². The quantitative estimate of drug-likeness (QED) is 0.882. The second kappa shape index (κ2) is 7.13. The van der Waals surface area contributed by atoms with E-state index in [2.05, 4.69) is 15.5 Å². The van der Waals surface area contributed by atoms with Gasteiger partial charge >= 0.3 is 0 Å². The first kappa shape index (κ1) is 17.5. The Morgan fingerprint density at radius 2 is 2.27 bits per heavy atom. The number of carbonyl (C=O) groups is 1. The fourth-order valence-electron chi connectivity index (χ4n) is 3.29. The normalized spacial score (nSPS) is 24.5. The van der Waals surface area contributed by atoms with Gasteiger partial charge in [0.1, 0.15) is 5.82 Å². The van der Waals surface area contributed by atoms with Gasteiger partial charge in [-0.15, -0.1) is 12.4 Å². The SMILES string of the molecule is Cl.O=C(CN1CCC2(CCNC2)C1)Nc1ccc(F)cc1Cl. The van der Waals surface area contributed by atoms with Crippen LogP contribution in [-0.4, -0.2) is 43.5 Å². The molecule has 2 aliphatic heterocycles. The molecular formula is C15H20Cl2FN3O. The fourth-order valence-corrected chi connectivity index (χ4v) is 3.50. The summed E-state index contributed by atoms with van der Waals surface area (Å²) in [6.45, 7) is 4.40. The molecule has 1 spiro atoms. The van der Waals surface area contributed by atoms with Crippen molar-refractivity contribution in [2.75, 3.05) is 38.0 Å². The van der Waals surface area contributed by atoms with Crippen molar-refractivity contribution in [1.82, 2.24) is 10.2 Å². The lowest BCUT2D eigenvalue weighted by Gasteiger charge is -2.22. The van der Waals surface area contributed by atoms with E-state index in [4.69, 9.17) is 11.6 Å². The molecule has 2 heterocycles. The molecule has 1 amide bonds. The van der Waals surface area contributed by atoms with Crippen LogP contribution in [0.1, 0.15) is 12.8 Å². The predicted molar refractivity (Wildman–Crippen MR) is 88.3 cm³/mol. The van der Waals surface area contributed by atoms with Crippen LogP contribution >= 0.6 is 24.0 Å². The van der Waals surface area contributed by atoms with Crippen LogP contribution in [0.3, 0.4) is 0 Å². The molecule has 2 N–H and O–H groups in total. The molecule has 3 rings (SSSR count). The topological polar surface area (TPSA) is 44.4 Å². The molecule has 0 saturated carbocycles. The summed E-state index contributed by atoms with van der Waals surface area (Å²) < 4.78 is 13.0. The van der Waals surface area contributed by atoms with E-state index in [1.807, 2.05) is 0 Å². The zero-order valence-electron chi connectivity index (χ0n) is 12.2. The van der Waals surface area contributed by atoms with E-state index in [0.717, 1.165) is 32.6 Å². The molecule has 4 nitrogen and oxygen atoms in total. The Bertz CT molecular complexity index is 550. The van der Waals surface area contributed by atoms with Gasteiger partial charge in [-0.1, -0.05) is 11.6 Å². The van der Waals surface area contributed by atoms with Crippen LogP contribution < -0.4 is 10.6 Å². The van der Waals surface area contributed by atoms with Gasteiger partial charge in [0.15, 0.2) is 0 Å². The van der Waals surface area contributed by atoms with Gasteiger partial charge in [-0.05, 0) is 49.5 Å². The Hall–Kier alpha value is -0.880. The van der Waals surface area contributed by atoms with Crippen LogP contribution in [0.5, 0.6) is 0 Å². The second-order valence-electron chi connectivity index (χ2n) is 6.06. The average Bonchev–Trinajstić information content (AvgIpc) is 3.04. The lowest BCUT2D eigenvalue weighted by atomic mass is 9.87. The number of benzene rings is 1. The van der Waals surface area contributed by atoms with Crippen LogP contribution in [0.15, 0.2) is 18.2 Å². The lowest BCUT2D eigenvalue weighted by Crippen LogP contribution is -2.34. The number of halogens is 3. The first-order valence-electron chi connectivity index (χ1n) is 7.24. The molecule has 2 saturated heterocycles. The maximum Gasteiger partial charge on any atom is 0.238 e. The third-order valence-corrected chi connectivity index (χ3v) is 4.73. The second-order valence-corrected chi connectivity index (χ2v) is 6.47. The number of nitrogens with zero attached hydrogens (tertiary/aromatic N) is 1. The first-order valence-corrected chi connectivity index (χ1v) is 7.62. The molecule has 1 atom stereocenters. The monoisotopic (exact) mass is 347 g/mol. The maximum atomic E-state index is 13.0. The maximum absolute atomic E-state index is 13.0. The summed E-state index contributed by atoms with van der Waals surface area (Å²) >= 11 is 5.91. The van der Waals surface area contributed by atoms with E-state index in [0.29, 0.717) is 17.6 Å². The summed E-state index contributed by atoms with van der Waals surface area (Å²) in [5.41, 5.74) is 0.813. The van der Waals surface area contributed by atoms with Crippen molar-refractivity contribution in [1.29, 1.82) is 0 Å². The van der Waals surface area contributed by atoms with Crippen molar-refractivity contribution < 1.29 is 9.18 Å². The molecule has 122 valence electrons. The highest BCUT2D eigenvalue weighted by molar-refractivity contribution is 6.33. The molecule has 0 bridgehead atoms. The van der Waals surface area contributed by atoms with E-state index in [1.165, 1.54) is 24.6 Å². The van der Waals surface area contributed by atoms with Crippen LogP contribution in [0.25, 0.3) is 0 Å². The Morgan fingerprint density at radius 1 is 1.45 bits per heavy atom. The number of hydrogen-bond acceptors (Lipinski definition) is 3. The minimum absolute atomic E-state index is 0. The molecule has 0 aliphatic carbocycles. The molecule has 22 heavy (non-hydrogen) atoms. The van der Waals surface area contributed by atoms with Crippen LogP contribution in [-0.2, 0) is 4.79 Å². The van der Waals surface area contributed by atoms with Gasteiger partial charge in [-0.25, -0.2) is 4.39 Å². The zero-order chi connectivity index (χ0) is 14.9. The van der Waals surface area contributed by atoms with Gasteiger partial charge in [0.05, 0.1) is 17.3 Å². The number of carbonyl (C=O) groups excluding carboxylic acids is 1. The third kappa shape index (κ3) is 3.90. The van der Waals surface area contributed by atoms with Crippen molar-refractivity contribution in [3.63, 3.8) is 0 Å². The molecular weight excluding hydrogens is 328 g/mol. The summed E-state index contributed by atoms with van der Waals surface area (Å²) in [7, 11) is 0. The van der Waals surface area contributed by atoms with Gasteiger partial charge in [0.2, 0.25) is 5.91 Å². The van der Waals surface area contributed by atoms with E-state index in [-0.39, 0.29) is 23.3 Å². The molecule has 1 aromatic rings. The Balaban J connectivity index is 0.00000176. The highest BCUT2D eigenvalue weighted by Gasteiger charge is 2.40. The number of rotatable bonds is 3. The van der Waals surface area contributed by atoms with E-state index in [1.54, 1.807) is 0 Å². The molecule has 1 unspecified atom stereocenters. The number of amides is 1. The highest BCUT2D eigenvalue weighted by atomic mass is 35.5. The lowest BCUT2D eigenvalue weighted by molar-refractivity contribution is -0.117. The van der Waals surface area contributed by atoms with Gasteiger partial charge < -0.3 is 10.6 Å². The number of anilines is 1. The van der Waals surface area contributed by atoms with Crippen LogP contribution in [0.2, 0.25) is 5.02 Å². The third-order valence-electron chi connectivity index (χ3n) is 4.42. The molecule has 1 aromatic carbocycles. The highest BCUT2D eigenvalue weighted by Crippen LogP contribution is 2.35. The molecule has 0 aromatic heterocycles. The summed E-state index contributed by atoms with van der Waals surface area (Å²) in [5.74, 6) is -0.514. The summed E-state index contributed by atoms with van der Waals surface area (Å²) in [5, 5.41) is 6.37. The Kier molecular flexibility index (Phi) is 5.66. The van der Waals surface area contributed by atoms with E-state index < -0.39 is 5.82 Å².